The summed E-state index contributed by atoms with van der Waals surface area (Å²) >= 11 is 1.44. The molecule has 1 saturated carbocycles. The molecule has 3 N–H and O–H groups in total. The normalized spacial score (nSPS) is 19.6. The molecule has 11 rings (SSSR count). The molecular weight excluding hydrogens is 925 g/mol. The molecule has 1 atom stereocenters. The number of piperidine rings is 2. The topological polar surface area (TPSA) is 172 Å². The van der Waals surface area contributed by atoms with Crippen molar-refractivity contribution in [2.45, 2.75) is 103 Å². The van der Waals surface area contributed by atoms with Gasteiger partial charge >= 0.3 is 5.97 Å². The first-order valence-electron chi connectivity index (χ1n) is 25.6. The summed E-state index contributed by atoms with van der Waals surface area (Å²) in [6.45, 7) is 5.12. The van der Waals surface area contributed by atoms with Crippen LogP contribution < -0.4 is 25.2 Å². The molecule has 3 aromatic heterocycles. The van der Waals surface area contributed by atoms with Gasteiger partial charge in [0.05, 0.1) is 33.4 Å². The number of para-hydroxylation sites is 1. The van der Waals surface area contributed by atoms with Crippen LogP contribution in [0.2, 0.25) is 0 Å². The van der Waals surface area contributed by atoms with Crippen LogP contribution in [0.3, 0.4) is 0 Å². The van der Waals surface area contributed by atoms with E-state index in [1.54, 1.807) is 0 Å². The molecule has 72 heavy (non-hydrogen) atoms. The molecule has 0 radical (unpaired) electrons. The summed E-state index contributed by atoms with van der Waals surface area (Å²) in [5, 5.41) is 22.3. The van der Waals surface area contributed by atoms with Gasteiger partial charge in [0.1, 0.15) is 11.6 Å². The molecule has 1 unspecified atom stereocenters. The number of aromatic nitrogens is 4. The van der Waals surface area contributed by atoms with E-state index in [0.717, 1.165) is 99.5 Å². The summed E-state index contributed by atoms with van der Waals surface area (Å²) < 4.78 is 9.56. The Balaban J connectivity index is 0.664. The van der Waals surface area contributed by atoms with E-state index in [2.05, 4.69) is 49.7 Å². The van der Waals surface area contributed by atoms with Crippen LogP contribution in [0, 0.1) is 18.8 Å². The average molecular weight is 985 g/mol. The van der Waals surface area contributed by atoms with Crippen LogP contribution >= 0.6 is 11.3 Å². The Kier molecular flexibility index (Phi) is 13.2. The number of imide groups is 1. The maximum atomic E-state index is 13.7. The first kappa shape index (κ1) is 47.2. The molecule has 15 heteroatoms. The van der Waals surface area contributed by atoms with Crippen LogP contribution in [0.4, 0.5) is 16.6 Å². The second kappa shape index (κ2) is 20.2. The van der Waals surface area contributed by atoms with E-state index in [9.17, 15) is 24.3 Å². The fourth-order valence-corrected chi connectivity index (χ4v) is 12.6. The molecule has 3 fully saturated rings. The first-order valence-corrected chi connectivity index (χ1v) is 26.4. The van der Waals surface area contributed by atoms with Gasteiger partial charge in [0.25, 0.3) is 5.91 Å². The standard InChI is InChI=1S/C57H60N8O6S/c1-34-40(41-22-24-50(59-53(41)56(69)70)65-31-28-37-10-6-12-42(45(37)33-65)54(67)61-57-58-46-13-3-4-15-49(46)72-57)11-7-14-48(34)71-39-19-16-35(17-20-39)8-5-9-36-26-29-64(30-27-36)38-18-21-43-47(32-38)63(2)62-52(43)44-23-25-51(66)60-55(44)68/h3-4,6-7,10-15,18,21-22,24,32,35-36,39,44H,5,8-9,16-17,19-20,23,25-31,33H2,1-2H3,(H,69,70)(H,58,61,67)(H,60,66,68). The minimum atomic E-state index is -1.10. The van der Waals surface area contributed by atoms with E-state index in [0.29, 0.717) is 60.3 Å². The number of hydrogen-bond acceptors (Lipinski definition) is 11. The molecule has 1 aliphatic carbocycles. The van der Waals surface area contributed by atoms with Crippen molar-refractivity contribution >= 4 is 72.8 Å². The summed E-state index contributed by atoms with van der Waals surface area (Å²) in [7, 11) is 1.93. The van der Waals surface area contributed by atoms with Gasteiger partial charge in [-0.1, -0.05) is 67.0 Å². The predicted molar refractivity (Wildman–Crippen MR) is 281 cm³/mol. The molecule has 2 saturated heterocycles. The first-order chi connectivity index (χ1) is 35.0. The fraction of sp³-hybridized carbons (Fsp3) is 0.386. The van der Waals surface area contributed by atoms with Crippen LogP contribution in [0.5, 0.6) is 5.75 Å². The van der Waals surface area contributed by atoms with Gasteiger partial charge in [0.2, 0.25) is 11.8 Å². The number of aromatic carboxylic acids is 1. The molecule has 370 valence electrons. The highest BCUT2D eigenvalue weighted by molar-refractivity contribution is 7.22. The minimum Gasteiger partial charge on any atom is -0.490 e. The van der Waals surface area contributed by atoms with E-state index < -0.39 is 11.9 Å². The second-order valence-corrected chi connectivity index (χ2v) is 21.2. The Morgan fingerprint density at radius 1 is 0.819 bits per heavy atom. The number of ether oxygens (including phenoxy) is 1. The SMILES string of the molecule is Cc1c(OC2CCC(CCCC3CCN(c4ccc5c(C6CCC(=O)NC6=O)nn(C)c5c4)CC3)CC2)cccc1-c1ccc(N2CCc3cccc(C(=O)Nc4nc5ccccc5s4)c3C2)nc1C(=O)O. The number of nitrogens with one attached hydrogen (secondary N) is 2. The van der Waals surface area contributed by atoms with Crippen LogP contribution in [0.25, 0.3) is 32.2 Å². The number of pyridine rings is 1. The van der Waals surface area contributed by atoms with Gasteiger partial charge in [0, 0.05) is 61.8 Å². The summed E-state index contributed by atoms with van der Waals surface area (Å²) in [6.07, 6.45) is 12.1. The molecule has 3 aliphatic heterocycles. The molecule has 6 heterocycles. The summed E-state index contributed by atoms with van der Waals surface area (Å²) in [5.74, 6) is 0.577. The number of carboxylic acid groups (broad SMARTS) is 1. The van der Waals surface area contributed by atoms with Crippen molar-refractivity contribution in [3.8, 4) is 16.9 Å². The molecule has 7 aromatic rings. The van der Waals surface area contributed by atoms with Crippen molar-refractivity contribution in [3.05, 3.63) is 125 Å². The van der Waals surface area contributed by atoms with Gasteiger partial charge in [0.15, 0.2) is 10.8 Å². The summed E-state index contributed by atoms with van der Waals surface area (Å²) in [4.78, 5) is 64.8. The smallest absolute Gasteiger partial charge is 0.355 e. The molecule has 3 amide bonds. The predicted octanol–water partition coefficient (Wildman–Crippen LogP) is 10.6. The Labute approximate surface area is 422 Å². The third kappa shape index (κ3) is 9.66. The van der Waals surface area contributed by atoms with Gasteiger partial charge in [-0.25, -0.2) is 14.8 Å². The number of benzene rings is 4. The highest BCUT2D eigenvalue weighted by atomic mass is 32.1. The third-order valence-electron chi connectivity index (χ3n) is 15.7. The van der Waals surface area contributed by atoms with Crippen LogP contribution in [0.1, 0.15) is 120 Å². The number of rotatable bonds is 13. The lowest BCUT2D eigenvalue weighted by atomic mass is 9.82. The van der Waals surface area contributed by atoms with Crippen molar-refractivity contribution in [2.75, 3.05) is 34.8 Å². The van der Waals surface area contributed by atoms with Gasteiger partial charge in [-0.2, -0.15) is 5.10 Å². The Bertz CT molecular complexity index is 3190. The lowest BCUT2D eigenvalue weighted by molar-refractivity contribution is -0.134. The highest BCUT2D eigenvalue weighted by Crippen LogP contribution is 2.39. The summed E-state index contributed by atoms with van der Waals surface area (Å²) in [5.41, 5.74) is 8.57. The lowest BCUT2D eigenvalue weighted by Crippen LogP contribution is -2.39. The van der Waals surface area contributed by atoms with Gasteiger partial charge in [-0.3, -0.25) is 29.7 Å². The number of carbonyl (C=O) groups excluding carboxylic acids is 3. The van der Waals surface area contributed by atoms with Crippen molar-refractivity contribution in [1.82, 2.24) is 25.1 Å². The monoisotopic (exact) mass is 984 g/mol. The molecule has 14 nitrogen and oxygen atoms in total. The Hall–Kier alpha value is -7.13. The quantitative estimate of drug-likeness (QED) is 0.0939. The third-order valence-corrected chi connectivity index (χ3v) is 16.7. The number of amides is 3. The van der Waals surface area contributed by atoms with Gasteiger partial charge < -0.3 is 19.6 Å². The highest BCUT2D eigenvalue weighted by Gasteiger charge is 2.33. The van der Waals surface area contributed by atoms with E-state index in [-0.39, 0.29) is 29.5 Å². The number of aryl methyl sites for hydroxylation is 1. The average Bonchev–Trinajstić information content (AvgIpc) is 3.96. The fourth-order valence-electron chi connectivity index (χ4n) is 11.7. The second-order valence-electron chi connectivity index (χ2n) is 20.2. The van der Waals surface area contributed by atoms with Crippen LogP contribution in [0.15, 0.2) is 91.0 Å². The van der Waals surface area contributed by atoms with E-state index >= 15 is 0 Å². The number of fused-ring (bicyclic) bond motifs is 3. The van der Waals surface area contributed by atoms with Crippen molar-refractivity contribution < 1.29 is 29.0 Å². The number of anilines is 3. The van der Waals surface area contributed by atoms with Crippen molar-refractivity contribution in [3.63, 3.8) is 0 Å². The van der Waals surface area contributed by atoms with Gasteiger partial charge in [-0.05, 0) is 147 Å². The summed E-state index contributed by atoms with van der Waals surface area (Å²) in [6, 6.07) is 29.7. The zero-order chi connectivity index (χ0) is 49.5. The van der Waals surface area contributed by atoms with Gasteiger partial charge in [-0.15, -0.1) is 0 Å². The van der Waals surface area contributed by atoms with Crippen LogP contribution in [-0.4, -0.2) is 74.3 Å². The zero-order valence-electron chi connectivity index (χ0n) is 40.9. The van der Waals surface area contributed by atoms with Crippen LogP contribution in [-0.2, 0) is 29.6 Å². The molecule has 4 aliphatic rings. The largest absolute Gasteiger partial charge is 0.490 e. The number of carbonyl (C=O) groups is 4. The number of thiazole rings is 1. The number of nitrogens with zero attached hydrogens (tertiary/aromatic N) is 6. The molecule has 0 spiro atoms. The maximum absolute atomic E-state index is 13.7. The van der Waals surface area contributed by atoms with E-state index in [1.165, 1.54) is 49.1 Å². The minimum absolute atomic E-state index is 0.0161. The van der Waals surface area contributed by atoms with Crippen molar-refractivity contribution in [1.29, 1.82) is 0 Å². The van der Waals surface area contributed by atoms with Crippen molar-refractivity contribution in [2.24, 2.45) is 18.9 Å². The number of carboxylic acids is 1. The molecule has 0 bridgehead atoms. The maximum Gasteiger partial charge on any atom is 0.355 e. The molecule has 4 aromatic carbocycles. The van der Waals surface area contributed by atoms with E-state index in [4.69, 9.17) is 14.8 Å². The van der Waals surface area contributed by atoms with E-state index in [1.807, 2.05) is 85.4 Å². The zero-order valence-corrected chi connectivity index (χ0v) is 41.7. The molecular formula is C57H60N8O6S. The number of hydrogen-bond donors (Lipinski definition) is 3. The Morgan fingerprint density at radius 3 is 2.40 bits per heavy atom. The Morgan fingerprint density at radius 2 is 1.61 bits per heavy atom. The lowest BCUT2D eigenvalue weighted by Gasteiger charge is -2.34.